The molecule has 0 aliphatic rings. The Hall–Kier alpha value is -2.17. The maximum absolute atomic E-state index is 11.7. The molecule has 1 aromatic heterocycles. The number of benzene rings is 1. The second-order valence-corrected chi connectivity index (χ2v) is 3.55. The van der Waals surface area contributed by atoms with Crippen molar-refractivity contribution in [2.75, 3.05) is 19.5 Å². The van der Waals surface area contributed by atoms with Crippen LogP contribution in [0.3, 0.4) is 0 Å². The van der Waals surface area contributed by atoms with Crippen LogP contribution in [-0.4, -0.2) is 24.7 Å². The quantitative estimate of drug-likeness (QED) is 0.795. The van der Waals surface area contributed by atoms with E-state index < -0.39 is 5.97 Å². The number of aromatic amines is 1. The van der Waals surface area contributed by atoms with Gasteiger partial charge in [-0.3, -0.25) is 0 Å². The number of nitrogens with one attached hydrogen (secondary N) is 1. The van der Waals surface area contributed by atoms with Gasteiger partial charge < -0.3 is 20.2 Å². The van der Waals surface area contributed by atoms with Gasteiger partial charge in [0.25, 0.3) is 0 Å². The molecule has 0 spiro atoms. The summed E-state index contributed by atoms with van der Waals surface area (Å²) in [5.41, 5.74) is 6.91. The van der Waals surface area contributed by atoms with Crippen molar-refractivity contribution in [1.82, 2.24) is 4.98 Å². The molecule has 0 saturated heterocycles. The van der Waals surface area contributed by atoms with E-state index in [4.69, 9.17) is 15.2 Å². The van der Waals surface area contributed by atoms with Crippen molar-refractivity contribution in [1.29, 1.82) is 0 Å². The van der Waals surface area contributed by atoms with Gasteiger partial charge in [0.15, 0.2) is 0 Å². The molecule has 0 amide bonds. The van der Waals surface area contributed by atoms with Crippen LogP contribution in [0.25, 0.3) is 10.9 Å². The van der Waals surface area contributed by atoms with Gasteiger partial charge in [-0.1, -0.05) is 0 Å². The lowest BCUT2D eigenvalue weighted by atomic mass is 10.1. The third-order valence-electron chi connectivity index (χ3n) is 2.51. The highest BCUT2D eigenvalue weighted by atomic mass is 16.5. The van der Waals surface area contributed by atoms with Crippen LogP contribution in [-0.2, 0) is 4.74 Å². The Morgan fingerprint density at radius 3 is 2.88 bits per heavy atom. The van der Waals surface area contributed by atoms with Crippen molar-refractivity contribution in [3.05, 3.63) is 23.8 Å². The van der Waals surface area contributed by atoms with Crippen molar-refractivity contribution >= 4 is 22.7 Å². The SMILES string of the molecule is CCOC(=O)c1c(N)[nH]c2cc(OC)ccc12. The highest BCUT2D eigenvalue weighted by Gasteiger charge is 2.17. The van der Waals surface area contributed by atoms with E-state index in [9.17, 15) is 4.79 Å². The first-order valence-corrected chi connectivity index (χ1v) is 5.29. The molecule has 2 rings (SSSR count). The summed E-state index contributed by atoms with van der Waals surface area (Å²) in [6.07, 6.45) is 0. The lowest BCUT2D eigenvalue weighted by molar-refractivity contribution is 0.0530. The number of carbonyl (C=O) groups excluding carboxylic acids is 1. The van der Waals surface area contributed by atoms with Gasteiger partial charge in [0.1, 0.15) is 17.1 Å². The molecule has 5 heteroatoms. The van der Waals surface area contributed by atoms with Crippen LogP contribution in [0.15, 0.2) is 18.2 Å². The molecule has 1 aromatic carbocycles. The minimum Gasteiger partial charge on any atom is -0.497 e. The van der Waals surface area contributed by atoms with E-state index in [1.807, 2.05) is 0 Å². The monoisotopic (exact) mass is 234 g/mol. The number of ether oxygens (including phenoxy) is 2. The van der Waals surface area contributed by atoms with E-state index in [-0.39, 0.29) is 0 Å². The van der Waals surface area contributed by atoms with Gasteiger partial charge in [-0.05, 0) is 19.1 Å². The van der Waals surface area contributed by atoms with Crippen LogP contribution in [0, 0.1) is 0 Å². The second kappa shape index (κ2) is 4.37. The Labute approximate surface area is 98.5 Å². The van der Waals surface area contributed by atoms with E-state index in [1.165, 1.54) is 0 Å². The molecule has 5 nitrogen and oxygen atoms in total. The number of esters is 1. The van der Waals surface area contributed by atoms with E-state index in [0.29, 0.717) is 23.7 Å². The minimum absolute atomic E-state index is 0.312. The molecule has 0 bridgehead atoms. The molecular weight excluding hydrogens is 220 g/mol. The van der Waals surface area contributed by atoms with E-state index in [1.54, 1.807) is 32.2 Å². The third kappa shape index (κ3) is 1.91. The highest BCUT2D eigenvalue weighted by Crippen LogP contribution is 2.28. The van der Waals surface area contributed by atoms with Crippen LogP contribution in [0.2, 0.25) is 0 Å². The van der Waals surface area contributed by atoms with Crippen molar-refractivity contribution in [2.24, 2.45) is 0 Å². The Balaban J connectivity index is 2.56. The zero-order chi connectivity index (χ0) is 12.4. The third-order valence-corrected chi connectivity index (χ3v) is 2.51. The molecule has 0 fully saturated rings. The standard InChI is InChI=1S/C12H14N2O3/c1-3-17-12(15)10-8-5-4-7(16-2)6-9(8)14-11(10)13/h4-6,14H,3,13H2,1-2H3. The van der Waals surface area contributed by atoms with Crippen LogP contribution >= 0.6 is 0 Å². The number of aromatic nitrogens is 1. The van der Waals surface area contributed by atoms with Crippen molar-refractivity contribution < 1.29 is 14.3 Å². The zero-order valence-electron chi connectivity index (χ0n) is 9.74. The number of nitrogens with two attached hydrogens (primary N) is 1. The summed E-state index contributed by atoms with van der Waals surface area (Å²) in [5, 5.41) is 0.738. The van der Waals surface area contributed by atoms with Gasteiger partial charge in [0.2, 0.25) is 0 Å². The van der Waals surface area contributed by atoms with Gasteiger partial charge in [0, 0.05) is 11.5 Å². The molecule has 0 atom stereocenters. The predicted octanol–water partition coefficient (Wildman–Crippen LogP) is 1.94. The second-order valence-electron chi connectivity index (χ2n) is 3.55. The summed E-state index contributed by atoms with van der Waals surface area (Å²) in [7, 11) is 1.58. The number of fused-ring (bicyclic) bond motifs is 1. The van der Waals surface area contributed by atoms with Gasteiger partial charge in [-0.15, -0.1) is 0 Å². The maximum Gasteiger partial charge on any atom is 0.342 e. The van der Waals surface area contributed by atoms with E-state index in [2.05, 4.69) is 4.98 Å². The average molecular weight is 234 g/mol. The molecule has 0 saturated carbocycles. The topological polar surface area (TPSA) is 77.3 Å². The van der Waals surface area contributed by atoms with E-state index in [0.717, 1.165) is 10.9 Å². The van der Waals surface area contributed by atoms with Gasteiger partial charge in [0.05, 0.1) is 19.2 Å². The normalized spacial score (nSPS) is 10.5. The first kappa shape index (κ1) is 11.3. The summed E-state index contributed by atoms with van der Waals surface area (Å²) in [6.45, 7) is 2.08. The number of carbonyl (C=O) groups is 1. The minimum atomic E-state index is -0.415. The Kier molecular flexibility index (Phi) is 2.91. The molecule has 2 aromatic rings. The summed E-state index contributed by atoms with van der Waals surface area (Å²) >= 11 is 0. The molecule has 0 radical (unpaired) electrons. The number of anilines is 1. The summed E-state index contributed by atoms with van der Waals surface area (Å²) in [5.74, 6) is 0.599. The summed E-state index contributed by atoms with van der Waals surface area (Å²) < 4.78 is 10.1. The average Bonchev–Trinajstić information content (AvgIpc) is 2.64. The number of hydrogen-bond donors (Lipinski definition) is 2. The smallest absolute Gasteiger partial charge is 0.342 e. The fourth-order valence-electron chi connectivity index (χ4n) is 1.75. The predicted molar refractivity (Wildman–Crippen MR) is 65.2 cm³/mol. The number of nitrogen functional groups attached to an aromatic ring is 1. The van der Waals surface area contributed by atoms with Crippen LogP contribution in [0.5, 0.6) is 5.75 Å². The zero-order valence-corrected chi connectivity index (χ0v) is 9.74. The van der Waals surface area contributed by atoms with Crippen LogP contribution < -0.4 is 10.5 Å². The van der Waals surface area contributed by atoms with Gasteiger partial charge >= 0.3 is 5.97 Å². The number of methoxy groups -OCH3 is 1. The molecular formula is C12H14N2O3. The Morgan fingerprint density at radius 2 is 2.24 bits per heavy atom. The van der Waals surface area contributed by atoms with Crippen LogP contribution in [0.4, 0.5) is 5.82 Å². The largest absolute Gasteiger partial charge is 0.497 e. The number of H-pyrrole nitrogens is 1. The lowest BCUT2D eigenvalue weighted by Crippen LogP contribution is -2.06. The van der Waals surface area contributed by atoms with Crippen molar-refractivity contribution in [3.8, 4) is 5.75 Å². The highest BCUT2D eigenvalue weighted by molar-refractivity contribution is 6.09. The molecule has 17 heavy (non-hydrogen) atoms. The summed E-state index contributed by atoms with van der Waals surface area (Å²) in [4.78, 5) is 14.7. The molecule has 0 aliphatic carbocycles. The molecule has 0 aliphatic heterocycles. The van der Waals surface area contributed by atoms with Crippen molar-refractivity contribution in [2.45, 2.75) is 6.92 Å². The van der Waals surface area contributed by atoms with Gasteiger partial charge in [-0.25, -0.2) is 4.79 Å². The van der Waals surface area contributed by atoms with E-state index >= 15 is 0 Å². The molecule has 3 N–H and O–H groups in total. The fourth-order valence-corrected chi connectivity index (χ4v) is 1.75. The van der Waals surface area contributed by atoms with Gasteiger partial charge in [-0.2, -0.15) is 0 Å². The first-order chi connectivity index (χ1) is 8.17. The fraction of sp³-hybridized carbons (Fsp3) is 0.250. The molecule has 90 valence electrons. The summed E-state index contributed by atoms with van der Waals surface area (Å²) in [6, 6.07) is 5.35. The maximum atomic E-state index is 11.7. The molecule has 1 heterocycles. The molecule has 0 unspecified atom stereocenters. The van der Waals surface area contributed by atoms with Crippen molar-refractivity contribution in [3.63, 3.8) is 0 Å². The first-order valence-electron chi connectivity index (χ1n) is 5.29. The Morgan fingerprint density at radius 1 is 1.47 bits per heavy atom. The Bertz CT molecular complexity index is 560. The number of rotatable bonds is 3. The van der Waals surface area contributed by atoms with Crippen LogP contribution in [0.1, 0.15) is 17.3 Å². The number of hydrogen-bond acceptors (Lipinski definition) is 4. The lowest BCUT2D eigenvalue weighted by Gasteiger charge is -2.02.